The summed E-state index contributed by atoms with van der Waals surface area (Å²) in [5, 5.41) is 0. The fourth-order valence-corrected chi connectivity index (χ4v) is 2.42. The van der Waals surface area contributed by atoms with Crippen LogP contribution in [-0.2, 0) is 9.59 Å². The summed E-state index contributed by atoms with van der Waals surface area (Å²) in [7, 11) is 0. The first-order chi connectivity index (χ1) is 6.10. The lowest BCUT2D eigenvalue weighted by Crippen LogP contribution is -2.57. The van der Waals surface area contributed by atoms with E-state index in [1.54, 1.807) is 4.90 Å². The zero-order valence-corrected chi connectivity index (χ0v) is 7.32. The molecule has 3 aliphatic rings. The first-order valence-electron chi connectivity index (χ1n) is 4.34. The van der Waals surface area contributed by atoms with Gasteiger partial charge in [-0.3, -0.25) is 9.59 Å². The SMILES string of the molecule is C=CC(=O)N1CC2CC1(C(N)=O)C2. The van der Waals surface area contributed by atoms with E-state index < -0.39 is 5.54 Å². The number of amides is 2. The van der Waals surface area contributed by atoms with Crippen LogP contribution in [0.1, 0.15) is 12.8 Å². The Morgan fingerprint density at radius 3 is 2.62 bits per heavy atom. The van der Waals surface area contributed by atoms with E-state index in [9.17, 15) is 9.59 Å². The number of rotatable bonds is 2. The van der Waals surface area contributed by atoms with Gasteiger partial charge >= 0.3 is 0 Å². The molecule has 70 valence electrons. The molecular weight excluding hydrogens is 168 g/mol. The Balaban J connectivity index is 2.26. The minimum Gasteiger partial charge on any atom is -0.368 e. The van der Waals surface area contributed by atoms with E-state index in [4.69, 9.17) is 5.73 Å². The largest absolute Gasteiger partial charge is 0.368 e. The lowest BCUT2D eigenvalue weighted by molar-refractivity contribution is -0.141. The van der Waals surface area contributed by atoms with Crippen molar-refractivity contribution in [3.05, 3.63) is 12.7 Å². The minimum atomic E-state index is -0.671. The van der Waals surface area contributed by atoms with Crippen LogP contribution in [0.3, 0.4) is 0 Å². The van der Waals surface area contributed by atoms with Gasteiger partial charge in [-0.15, -0.1) is 0 Å². The fourth-order valence-electron chi connectivity index (χ4n) is 2.42. The third-order valence-electron chi connectivity index (χ3n) is 3.11. The normalized spacial score (nSPS) is 35.4. The van der Waals surface area contributed by atoms with Gasteiger partial charge in [0.05, 0.1) is 0 Å². The number of hydrogen-bond acceptors (Lipinski definition) is 2. The first kappa shape index (κ1) is 8.29. The van der Waals surface area contributed by atoms with Crippen LogP contribution in [0.15, 0.2) is 12.7 Å². The Labute approximate surface area is 76.4 Å². The summed E-state index contributed by atoms with van der Waals surface area (Å²) in [4.78, 5) is 24.1. The number of nitrogens with zero attached hydrogens (tertiary/aromatic N) is 1. The lowest BCUT2D eigenvalue weighted by Gasteiger charge is -2.38. The van der Waals surface area contributed by atoms with Gasteiger partial charge in [0.25, 0.3) is 0 Å². The summed E-state index contributed by atoms with van der Waals surface area (Å²) in [6.07, 6.45) is 2.72. The van der Waals surface area contributed by atoms with Crippen LogP contribution in [0.25, 0.3) is 0 Å². The molecule has 2 aliphatic heterocycles. The monoisotopic (exact) mass is 180 g/mol. The van der Waals surface area contributed by atoms with Crippen LogP contribution in [0.5, 0.6) is 0 Å². The van der Waals surface area contributed by atoms with E-state index in [-0.39, 0.29) is 11.8 Å². The highest BCUT2D eigenvalue weighted by Gasteiger charge is 2.61. The summed E-state index contributed by atoms with van der Waals surface area (Å²) in [5.41, 5.74) is 4.61. The van der Waals surface area contributed by atoms with E-state index in [0.717, 1.165) is 12.8 Å². The van der Waals surface area contributed by atoms with E-state index in [1.165, 1.54) is 6.08 Å². The summed E-state index contributed by atoms with van der Waals surface area (Å²) < 4.78 is 0. The van der Waals surface area contributed by atoms with Gasteiger partial charge in [0.15, 0.2) is 0 Å². The highest BCUT2D eigenvalue weighted by Crippen LogP contribution is 2.50. The number of carbonyl (C=O) groups is 2. The molecule has 13 heavy (non-hydrogen) atoms. The van der Waals surface area contributed by atoms with Crippen LogP contribution >= 0.6 is 0 Å². The molecule has 3 rings (SSSR count). The molecule has 0 radical (unpaired) electrons. The van der Waals surface area contributed by atoms with E-state index in [1.807, 2.05) is 0 Å². The highest BCUT2D eigenvalue weighted by molar-refractivity contribution is 5.96. The second-order valence-corrected chi connectivity index (χ2v) is 3.82. The Kier molecular flexibility index (Phi) is 1.49. The standard InChI is InChI=1S/C9H12N2O2/c1-2-7(12)11-5-6-3-9(11,4-6)8(10)13/h2,6H,1,3-5H2,(H2,10,13). The van der Waals surface area contributed by atoms with Gasteiger partial charge in [-0.2, -0.15) is 0 Å². The van der Waals surface area contributed by atoms with Crippen molar-refractivity contribution in [1.29, 1.82) is 0 Å². The summed E-state index contributed by atoms with van der Waals surface area (Å²) in [5.74, 6) is -0.0911. The van der Waals surface area contributed by atoms with Crippen molar-refractivity contribution in [3.8, 4) is 0 Å². The third kappa shape index (κ3) is 0.855. The Bertz CT molecular complexity index is 292. The molecule has 2 N–H and O–H groups in total. The average molecular weight is 180 g/mol. The van der Waals surface area contributed by atoms with Gasteiger partial charge < -0.3 is 10.6 Å². The lowest BCUT2D eigenvalue weighted by atomic mass is 9.73. The first-order valence-corrected chi connectivity index (χ1v) is 4.34. The number of primary amides is 1. The summed E-state index contributed by atoms with van der Waals surface area (Å²) in [6, 6.07) is 0. The number of fused-ring (bicyclic) bond motifs is 1. The van der Waals surface area contributed by atoms with Gasteiger partial charge in [-0.1, -0.05) is 6.58 Å². The second-order valence-electron chi connectivity index (χ2n) is 3.82. The Morgan fingerprint density at radius 2 is 2.15 bits per heavy atom. The van der Waals surface area contributed by atoms with Gasteiger partial charge in [0.1, 0.15) is 5.54 Å². The van der Waals surface area contributed by atoms with Crippen LogP contribution in [0.2, 0.25) is 0 Å². The van der Waals surface area contributed by atoms with Gasteiger partial charge in [-0.25, -0.2) is 0 Å². The van der Waals surface area contributed by atoms with Crippen LogP contribution in [0.4, 0.5) is 0 Å². The molecule has 0 aromatic heterocycles. The molecule has 0 aromatic rings. The molecular formula is C9H12N2O2. The maximum absolute atomic E-state index is 11.4. The van der Waals surface area contributed by atoms with Crippen LogP contribution in [0, 0.1) is 5.92 Å². The summed E-state index contributed by atoms with van der Waals surface area (Å²) >= 11 is 0. The molecule has 0 aromatic carbocycles. The van der Waals surface area contributed by atoms with Crippen molar-refractivity contribution in [2.45, 2.75) is 18.4 Å². The molecule has 2 saturated heterocycles. The number of nitrogens with two attached hydrogens (primary N) is 1. The molecule has 1 saturated carbocycles. The molecule has 2 bridgehead atoms. The molecule has 3 fully saturated rings. The van der Waals surface area contributed by atoms with Crippen LogP contribution in [-0.4, -0.2) is 28.8 Å². The average Bonchev–Trinajstić information content (AvgIpc) is 2.55. The van der Waals surface area contributed by atoms with Crippen molar-refractivity contribution < 1.29 is 9.59 Å². The maximum atomic E-state index is 11.4. The zero-order valence-electron chi connectivity index (χ0n) is 7.32. The quantitative estimate of drug-likeness (QED) is 0.590. The van der Waals surface area contributed by atoms with Gasteiger partial charge in [0.2, 0.25) is 11.8 Å². The Hall–Kier alpha value is -1.32. The van der Waals surface area contributed by atoms with Crippen molar-refractivity contribution in [2.75, 3.05) is 6.54 Å². The summed E-state index contributed by atoms with van der Waals surface area (Å²) in [6.45, 7) is 4.07. The van der Waals surface area contributed by atoms with E-state index >= 15 is 0 Å². The van der Waals surface area contributed by atoms with Gasteiger partial charge in [-0.05, 0) is 24.8 Å². The number of carbonyl (C=O) groups excluding carboxylic acids is 2. The molecule has 2 heterocycles. The fraction of sp³-hybridized carbons (Fsp3) is 0.556. The third-order valence-corrected chi connectivity index (χ3v) is 3.11. The second kappa shape index (κ2) is 2.34. The number of hydrogen-bond donors (Lipinski definition) is 1. The maximum Gasteiger partial charge on any atom is 0.246 e. The molecule has 2 amide bonds. The van der Waals surface area contributed by atoms with Crippen molar-refractivity contribution in [2.24, 2.45) is 11.7 Å². The van der Waals surface area contributed by atoms with Crippen molar-refractivity contribution in [3.63, 3.8) is 0 Å². The van der Waals surface area contributed by atoms with Crippen molar-refractivity contribution in [1.82, 2.24) is 4.90 Å². The molecule has 0 unspecified atom stereocenters. The predicted octanol–water partition coefficient (Wildman–Crippen LogP) is -0.351. The van der Waals surface area contributed by atoms with E-state index in [2.05, 4.69) is 6.58 Å². The molecule has 0 atom stereocenters. The predicted molar refractivity (Wildman–Crippen MR) is 46.6 cm³/mol. The molecule has 0 spiro atoms. The molecule has 4 heteroatoms. The Morgan fingerprint density at radius 1 is 1.54 bits per heavy atom. The molecule has 1 aliphatic carbocycles. The van der Waals surface area contributed by atoms with E-state index in [0.29, 0.717) is 12.5 Å². The smallest absolute Gasteiger partial charge is 0.246 e. The highest BCUT2D eigenvalue weighted by atomic mass is 16.2. The van der Waals surface area contributed by atoms with Gasteiger partial charge in [0, 0.05) is 6.54 Å². The zero-order chi connectivity index (χ0) is 9.64. The molecule has 4 nitrogen and oxygen atoms in total. The topological polar surface area (TPSA) is 63.4 Å². The van der Waals surface area contributed by atoms with Crippen molar-refractivity contribution >= 4 is 11.8 Å². The van der Waals surface area contributed by atoms with Crippen LogP contribution < -0.4 is 5.73 Å². The minimum absolute atomic E-state index is 0.182.